The van der Waals surface area contributed by atoms with Gasteiger partial charge in [0.1, 0.15) is 0 Å². The Morgan fingerprint density at radius 2 is 1.92 bits per heavy atom. The van der Waals surface area contributed by atoms with Crippen molar-refractivity contribution < 1.29 is 4.79 Å². The highest BCUT2D eigenvalue weighted by Gasteiger charge is 2.20. The van der Waals surface area contributed by atoms with E-state index in [-0.39, 0.29) is 22.5 Å². The van der Waals surface area contributed by atoms with E-state index in [1.54, 1.807) is 24.4 Å². The number of benzene rings is 1. The monoisotopic (exact) mass is 483 g/mol. The van der Waals surface area contributed by atoms with Crippen molar-refractivity contribution in [2.24, 2.45) is 0 Å². The van der Waals surface area contributed by atoms with Crippen LogP contribution in [0.2, 0.25) is 0 Å². The first-order chi connectivity index (χ1) is 17.4. The SMILES string of the molecule is CCCn1c(=O)[nH]c(=O)c2c(C(=O)Nc3ccc(-c4cn5cccnc5n4)cc3)cc(C(C)C)nc21. The number of anilines is 1. The minimum Gasteiger partial charge on any atom is -0.322 e. The number of hydrogen-bond acceptors (Lipinski definition) is 6. The molecule has 10 nitrogen and oxygen atoms in total. The number of hydrogen-bond donors (Lipinski definition) is 2. The first kappa shape index (κ1) is 23.2. The van der Waals surface area contributed by atoms with Gasteiger partial charge in [0.15, 0.2) is 5.65 Å². The number of nitrogens with zero attached hydrogens (tertiary/aromatic N) is 5. The fourth-order valence-electron chi connectivity index (χ4n) is 4.09. The fourth-order valence-corrected chi connectivity index (χ4v) is 4.09. The zero-order valence-corrected chi connectivity index (χ0v) is 20.1. The lowest BCUT2D eigenvalue weighted by Gasteiger charge is -2.14. The topological polar surface area (TPSA) is 127 Å². The lowest BCUT2D eigenvalue weighted by molar-refractivity contribution is 0.102. The van der Waals surface area contributed by atoms with Gasteiger partial charge in [-0.05, 0) is 36.6 Å². The summed E-state index contributed by atoms with van der Waals surface area (Å²) >= 11 is 0. The van der Waals surface area contributed by atoms with Crippen LogP contribution in [0.1, 0.15) is 49.2 Å². The van der Waals surface area contributed by atoms with Crippen molar-refractivity contribution in [3.63, 3.8) is 0 Å². The fraction of sp³-hybridized carbons (Fsp3) is 0.231. The largest absolute Gasteiger partial charge is 0.329 e. The van der Waals surface area contributed by atoms with Gasteiger partial charge >= 0.3 is 5.69 Å². The lowest BCUT2D eigenvalue weighted by Crippen LogP contribution is -2.32. The van der Waals surface area contributed by atoms with Crippen LogP contribution >= 0.6 is 0 Å². The van der Waals surface area contributed by atoms with E-state index in [1.165, 1.54) is 4.57 Å². The van der Waals surface area contributed by atoms with E-state index >= 15 is 0 Å². The first-order valence-electron chi connectivity index (χ1n) is 11.7. The Bertz CT molecular complexity index is 1680. The molecule has 1 aromatic carbocycles. The van der Waals surface area contributed by atoms with Gasteiger partial charge in [-0.25, -0.2) is 19.7 Å². The Morgan fingerprint density at radius 3 is 2.61 bits per heavy atom. The number of nitrogens with one attached hydrogen (secondary N) is 2. The van der Waals surface area contributed by atoms with Gasteiger partial charge < -0.3 is 5.32 Å². The number of fused-ring (bicyclic) bond motifs is 2. The summed E-state index contributed by atoms with van der Waals surface area (Å²) < 4.78 is 3.25. The summed E-state index contributed by atoms with van der Waals surface area (Å²) in [6.07, 6.45) is 6.12. The molecule has 0 unspecified atom stereocenters. The number of H-pyrrole nitrogens is 1. The average Bonchev–Trinajstić information content (AvgIpc) is 3.30. The molecule has 1 amide bonds. The van der Waals surface area contributed by atoms with Crippen molar-refractivity contribution in [3.8, 4) is 11.3 Å². The van der Waals surface area contributed by atoms with Gasteiger partial charge in [0.2, 0.25) is 5.78 Å². The van der Waals surface area contributed by atoms with Gasteiger partial charge in [0.05, 0.1) is 16.6 Å². The third kappa shape index (κ3) is 4.17. The van der Waals surface area contributed by atoms with Gasteiger partial charge in [0, 0.05) is 42.1 Å². The van der Waals surface area contributed by atoms with Crippen LogP contribution in [0.5, 0.6) is 0 Å². The molecule has 0 spiro atoms. The smallest absolute Gasteiger partial charge is 0.322 e. The number of carbonyl (C=O) groups is 1. The summed E-state index contributed by atoms with van der Waals surface area (Å²) in [6.45, 7) is 6.19. The van der Waals surface area contributed by atoms with Crippen molar-refractivity contribution in [2.45, 2.75) is 39.7 Å². The zero-order valence-electron chi connectivity index (χ0n) is 20.1. The molecule has 0 fully saturated rings. The van der Waals surface area contributed by atoms with Crippen molar-refractivity contribution in [2.75, 3.05) is 5.32 Å². The molecule has 0 radical (unpaired) electrons. The maximum atomic E-state index is 13.4. The van der Waals surface area contributed by atoms with Crippen LogP contribution in [0.25, 0.3) is 28.1 Å². The van der Waals surface area contributed by atoms with E-state index in [0.717, 1.165) is 11.3 Å². The van der Waals surface area contributed by atoms with Gasteiger partial charge in [-0.15, -0.1) is 0 Å². The third-order valence-corrected chi connectivity index (χ3v) is 5.93. The lowest BCUT2D eigenvalue weighted by atomic mass is 10.0. The van der Waals surface area contributed by atoms with E-state index < -0.39 is 17.2 Å². The van der Waals surface area contributed by atoms with Crippen LogP contribution in [0.4, 0.5) is 5.69 Å². The molecular weight excluding hydrogens is 458 g/mol. The van der Waals surface area contributed by atoms with Crippen LogP contribution in [-0.2, 0) is 6.54 Å². The summed E-state index contributed by atoms with van der Waals surface area (Å²) in [6, 6.07) is 10.7. The van der Waals surface area contributed by atoms with Crippen LogP contribution in [0.15, 0.2) is 64.6 Å². The van der Waals surface area contributed by atoms with Crippen molar-refractivity contribution >= 4 is 28.4 Å². The van der Waals surface area contributed by atoms with E-state index in [2.05, 4.69) is 25.3 Å². The molecule has 0 aliphatic rings. The number of aromatic amines is 1. The summed E-state index contributed by atoms with van der Waals surface area (Å²) in [5, 5.41) is 2.97. The molecule has 36 heavy (non-hydrogen) atoms. The molecule has 0 aliphatic carbocycles. The molecule has 4 aromatic heterocycles. The molecule has 5 rings (SSSR count). The average molecular weight is 484 g/mol. The van der Waals surface area contributed by atoms with E-state index in [4.69, 9.17) is 0 Å². The molecular formula is C26H25N7O3. The summed E-state index contributed by atoms with van der Waals surface area (Å²) in [4.78, 5) is 54.3. The van der Waals surface area contributed by atoms with Gasteiger partial charge in [-0.3, -0.25) is 23.5 Å². The van der Waals surface area contributed by atoms with Crippen molar-refractivity contribution in [1.29, 1.82) is 0 Å². The molecule has 182 valence electrons. The second kappa shape index (κ2) is 9.21. The summed E-state index contributed by atoms with van der Waals surface area (Å²) in [7, 11) is 0. The highest BCUT2D eigenvalue weighted by Crippen LogP contribution is 2.23. The number of rotatable bonds is 6. The van der Waals surface area contributed by atoms with E-state index in [1.807, 2.05) is 55.8 Å². The molecule has 4 heterocycles. The Hall–Kier alpha value is -4.60. The Kier molecular flexibility index (Phi) is 5.93. The minimum atomic E-state index is -0.633. The molecule has 10 heteroatoms. The van der Waals surface area contributed by atoms with Crippen LogP contribution in [-0.4, -0.2) is 34.8 Å². The predicted molar refractivity (Wildman–Crippen MR) is 137 cm³/mol. The zero-order chi connectivity index (χ0) is 25.4. The summed E-state index contributed by atoms with van der Waals surface area (Å²) in [5.41, 5.74) is 2.03. The van der Waals surface area contributed by atoms with E-state index in [9.17, 15) is 14.4 Å². The van der Waals surface area contributed by atoms with Crippen LogP contribution in [0, 0.1) is 0 Å². The molecule has 0 saturated carbocycles. The van der Waals surface area contributed by atoms with Gasteiger partial charge in [0.25, 0.3) is 11.5 Å². The predicted octanol–water partition coefficient (Wildman–Crippen LogP) is 3.58. The first-order valence-corrected chi connectivity index (χ1v) is 11.7. The number of aromatic nitrogens is 6. The number of pyridine rings is 1. The Balaban J connectivity index is 1.52. The normalized spacial score (nSPS) is 11.4. The van der Waals surface area contributed by atoms with E-state index in [0.29, 0.717) is 30.1 Å². The minimum absolute atomic E-state index is 0.00961. The molecule has 2 N–H and O–H groups in total. The standard InChI is InChI=1S/C26H25N7O3/c1-4-11-33-22-21(24(35)31-26(33)36)18(13-19(29-22)15(2)3)23(34)28-17-8-6-16(7-9-17)20-14-32-12-5-10-27-25(32)30-20/h5-10,12-15H,4,11H2,1-3H3,(H,28,34)(H,31,35,36). The number of aryl methyl sites for hydroxylation is 1. The van der Waals surface area contributed by atoms with Crippen LogP contribution in [0.3, 0.4) is 0 Å². The molecule has 5 aromatic rings. The highest BCUT2D eigenvalue weighted by molar-refractivity contribution is 6.11. The van der Waals surface area contributed by atoms with Gasteiger partial charge in [-0.2, -0.15) is 0 Å². The number of amides is 1. The summed E-state index contributed by atoms with van der Waals surface area (Å²) in [5.74, 6) is 0.132. The Morgan fingerprint density at radius 1 is 1.14 bits per heavy atom. The molecule has 0 atom stereocenters. The molecule has 0 bridgehead atoms. The number of imidazole rings is 1. The third-order valence-electron chi connectivity index (χ3n) is 5.93. The van der Waals surface area contributed by atoms with Crippen molar-refractivity contribution in [1.82, 2.24) is 28.9 Å². The second-order valence-corrected chi connectivity index (χ2v) is 8.84. The van der Waals surface area contributed by atoms with Gasteiger partial charge in [-0.1, -0.05) is 32.9 Å². The molecule has 0 aliphatic heterocycles. The molecule has 0 saturated heterocycles. The van der Waals surface area contributed by atoms with Crippen molar-refractivity contribution in [3.05, 3.63) is 87.1 Å². The second-order valence-electron chi connectivity index (χ2n) is 8.84. The quantitative estimate of drug-likeness (QED) is 0.380. The maximum absolute atomic E-state index is 13.4. The Labute approximate surface area is 205 Å². The van der Waals surface area contributed by atoms with Crippen LogP contribution < -0.4 is 16.6 Å². The number of carbonyl (C=O) groups excluding carboxylic acids is 1. The maximum Gasteiger partial charge on any atom is 0.329 e. The highest BCUT2D eigenvalue weighted by atomic mass is 16.2.